The molecule has 0 aromatic heterocycles. The summed E-state index contributed by atoms with van der Waals surface area (Å²) in [5.41, 5.74) is 2.65. The largest absolute Gasteiger partial charge is 0.476 e. The molecule has 36 heavy (non-hydrogen) atoms. The lowest BCUT2D eigenvalue weighted by Crippen LogP contribution is -2.39. The second-order valence-corrected chi connectivity index (χ2v) is 10.9. The first-order chi connectivity index (χ1) is 16.9. The molecule has 0 fully saturated rings. The van der Waals surface area contributed by atoms with Crippen molar-refractivity contribution in [2.45, 2.75) is 84.3 Å². The molecule has 2 aromatic rings. The highest BCUT2D eigenvalue weighted by atomic mass is 16.6. The van der Waals surface area contributed by atoms with Crippen molar-refractivity contribution in [1.82, 2.24) is 4.90 Å². The molecule has 0 spiro atoms. The van der Waals surface area contributed by atoms with Crippen LogP contribution >= 0.6 is 0 Å². The van der Waals surface area contributed by atoms with Gasteiger partial charge in [0.15, 0.2) is 5.60 Å². The van der Waals surface area contributed by atoms with Crippen molar-refractivity contribution in [3.8, 4) is 5.75 Å². The molecule has 1 amide bonds. The van der Waals surface area contributed by atoms with Gasteiger partial charge in [0.2, 0.25) is 0 Å². The van der Waals surface area contributed by atoms with Crippen LogP contribution < -0.4 is 4.74 Å². The number of hydrogen-bond donors (Lipinski definition) is 0. The molecule has 0 bridgehead atoms. The van der Waals surface area contributed by atoms with Crippen LogP contribution in [0.2, 0.25) is 0 Å². The van der Waals surface area contributed by atoms with Gasteiger partial charge in [-0.05, 0) is 67.9 Å². The van der Waals surface area contributed by atoms with Crippen LogP contribution in [0.15, 0.2) is 53.5 Å². The Balaban J connectivity index is 1.52. The first kappa shape index (κ1) is 27.4. The normalized spacial score (nSPS) is 16.2. The molecular formula is C30H40N2O4. The summed E-state index contributed by atoms with van der Waals surface area (Å²) >= 11 is 0. The third-order valence-electron chi connectivity index (χ3n) is 6.49. The van der Waals surface area contributed by atoms with E-state index in [0.717, 1.165) is 30.7 Å². The lowest BCUT2D eigenvalue weighted by Gasteiger charge is -2.24. The van der Waals surface area contributed by atoms with Gasteiger partial charge in [-0.15, -0.1) is 0 Å². The van der Waals surface area contributed by atoms with Crippen molar-refractivity contribution in [3.63, 3.8) is 0 Å². The first-order valence-corrected chi connectivity index (χ1v) is 12.8. The lowest BCUT2D eigenvalue weighted by atomic mass is 9.86. The van der Waals surface area contributed by atoms with Crippen LogP contribution in [0.1, 0.15) is 71.1 Å². The average Bonchev–Trinajstić information content (AvgIpc) is 3.08. The summed E-state index contributed by atoms with van der Waals surface area (Å²) < 4.78 is 10.9. The molecule has 3 rings (SSSR count). The number of benzene rings is 2. The van der Waals surface area contributed by atoms with E-state index in [-0.39, 0.29) is 23.3 Å². The van der Waals surface area contributed by atoms with E-state index < -0.39 is 5.60 Å². The van der Waals surface area contributed by atoms with E-state index in [4.69, 9.17) is 14.5 Å². The van der Waals surface area contributed by atoms with Gasteiger partial charge in [0.05, 0.1) is 6.61 Å². The molecule has 1 unspecified atom stereocenters. The highest BCUT2D eigenvalue weighted by Crippen LogP contribution is 2.24. The third kappa shape index (κ3) is 6.96. The van der Waals surface area contributed by atoms with E-state index in [2.05, 4.69) is 45.0 Å². The van der Waals surface area contributed by atoms with E-state index in [0.29, 0.717) is 18.8 Å². The summed E-state index contributed by atoms with van der Waals surface area (Å²) in [5.74, 6) is 1.16. The van der Waals surface area contributed by atoms with Gasteiger partial charge < -0.3 is 14.4 Å². The van der Waals surface area contributed by atoms with Crippen LogP contribution in [-0.2, 0) is 32.6 Å². The Morgan fingerprint density at radius 3 is 2.14 bits per heavy atom. The molecule has 0 radical (unpaired) electrons. The van der Waals surface area contributed by atoms with Gasteiger partial charge >= 0.3 is 5.97 Å². The minimum atomic E-state index is -1.04. The zero-order valence-electron chi connectivity index (χ0n) is 22.8. The minimum absolute atomic E-state index is 0.0654. The Labute approximate surface area is 215 Å². The molecule has 2 aromatic carbocycles. The lowest BCUT2D eigenvalue weighted by molar-refractivity contribution is -0.158. The Bertz CT molecular complexity index is 1080. The van der Waals surface area contributed by atoms with E-state index in [9.17, 15) is 9.59 Å². The van der Waals surface area contributed by atoms with Crippen molar-refractivity contribution in [2.75, 3.05) is 13.7 Å². The second kappa shape index (κ2) is 11.3. The highest BCUT2D eigenvalue weighted by Gasteiger charge is 2.32. The summed E-state index contributed by atoms with van der Waals surface area (Å²) in [5, 5.41) is 0. The highest BCUT2D eigenvalue weighted by molar-refractivity contribution is 6.05. The van der Waals surface area contributed by atoms with Gasteiger partial charge in [0.25, 0.3) is 5.91 Å². The predicted molar refractivity (Wildman–Crippen MR) is 144 cm³/mol. The number of aryl methyl sites for hydroxylation is 1. The zero-order valence-corrected chi connectivity index (χ0v) is 22.8. The number of rotatable bonds is 10. The molecule has 0 N–H and O–H groups in total. The number of amidine groups is 1. The Hall–Kier alpha value is -3.15. The maximum Gasteiger partial charge on any atom is 0.349 e. The number of amides is 1. The fraction of sp³-hybridized carbons (Fsp3) is 0.500. The zero-order chi connectivity index (χ0) is 26.5. The molecule has 6 nitrogen and oxygen atoms in total. The smallest absolute Gasteiger partial charge is 0.349 e. The summed E-state index contributed by atoms with van der Waals surface area (Å²) in [6.45, 7) is 12.1. The van der Waals surface area contributed by atoms with E-state index >= 15 is 0 Å². The summed E-state index contributed by atoms with van der Waals surface area (Å²) in [6, 6.07) is 15.9. The van der Waals surface area contributed by atoms with Crippen molar-refractivity contribution in [1.29, 1.82) is 0 Å². The second-order valence-electron chi connectivity index (χ2n) is 10.9. The number of carbonyl (C=O) groups excluding carboxylic acids is 2. The summed E-state index contributed by atoms with van der Waals surface area (Å²) in [7, 11) is 1.82. The Kier molecular flexibility index (Phi) is 8.59. The quantitative estimate of drug-likeness (QED) is 0.410. The minimum Gasteiger partial charge on any atom is -0.476 e. The maximum absolute atomic E-state index is 12.8. The molecule has 1 heterocycles. The van der Waals surface area contributed by atoms with Gasteiger partial charge in [-0.3, -0.25) is 9.79 Å². The van der Waals surface area contributed by atoms with Gasteiger partial charge in [-0.25, -0.2) is 4.79 Å². The van der Waals surface area contributed by atoms with Crippen molar-refractivity contribution < 1.29 is 19.1 Å². The van der Waals surface area contributed by atoms with Crippen LogP contribution in [0.4, 0.5) is 0 Å². The number of likely N-dealkylation sites (N-methyl/N-ethyl adjacent to an activating group) is 1. The SMILES string of the molecule is CCOC(=O)C(C)(C)Oc1ccc(CCCC2=NC(Cc3ccc(C(C)(C)C)cc3)C(=O)N2C)cc1. The van der Waals surface area contributed by atoms with Gasteiger partial charge in [0.1, 0.15) is 17.6 Å². The number of aliphatic imine (C=N–C) groups is 1. The van der Waals surface area contributed by atoms with E-state index in [1.807, 2.05) is 31.3 Å². The number of ether oxygens (including phenoxy) is 2. The summed E-state index contributed by atoms with van der Waals surface area (Å²) in [4.78, 5) is 31.3. The van der Waals surface area contributed by atoms with Crippen molar-refractivity contribution >= 4 is 17.7 Å². The Morgan fingerprint density at radius 1 is 0.944 bits per heavy atom. The molecule has 194 valence electrons. The number of carbonyl (C=O) groups is 2. The van der Waals surface area contributed by atoms with E-state index in [1.54, 1.807) is 25.7 Å². The molecule has 0 aliphatic carbocycles. The fourth-order valence-corrected chi connectivity index (χ4v) is 4.22. The molecular weight excluding hydrogens is 452 g/mol. The molecule has 0 saturated heterocycles. The van der Waals surface area contributed by atoms with Crippen molar-refractivity contribution in [2.24, 2.45) is 4.99 Å². The van der Waals surface area contributed by atoms with Crippen LogP contribution in [0.3, 0.4) is 0 Å². The molecule has 6 heteroatoms. The first-order valence-electron chi connectivity index (χ1n) is 12.8. The Morgan fingerprint density at radius 2 is 1.56 bits per heavy atom. The predicted octanol–water partition coefficient (Wildman–Crippen LogP) is 5.51. The molecule has 0 saturated carbocycles. The van der Waals surface area contributed by atoms with Crippen molar-refractivity contribution in [3.05, 3.63) is 65.2 Å². The van der Waals surface area contributed by atoms with Crippen LogP contribution in [-0.4, -0.2) is 47.9 Å². The fourth-order valence-electron chi connectivity index (χ4n) is 4.22. The maximum atomic E-state index is 12.8. The van der Waals surface area contributed by atoms with E-state index in [1.165, 1.54) is 11.1 Å². The number of hydrogen-bond acceptors (Lipinski definition) is 5. The third-order valence-corrected chi connectivity index (χ3v) is 6.49. The topological polar surface area (TPSA) is 68.2 Å². The monoisotopic (exact) mass is 492 g/mol. The number of nitrogens with zero attached hydrogens (tertiary/aromatic N) is 2. The molecule has 1 atom stereocenters. The molecule has 1 aliphatic heterocycles. The molecule has 1 aliphatic rings. The average molecular weight is 493 g/mol. The van der Waals surface area contributed by atoms with Crippen LogP contribution in [0.5, 0.6) is 5.75 Å². The summed E-state index contributed by atoms with van der Waals surface area (Å²) in [6.07, 6.45) is 3.12. The standard InChI is InChI=1S/C30H40N2O4/c1-8-35-28(34)30(5,6)36-24-18-14-21(15-19-24)10-9-11-26-31-25(27(33)32(26)7)20-22-12-16-23(17-13-22)29(2,3)4/h12-19,25H,8-11,20H2,1-7H3. The van der Waals surface area contributed by atoms with Crippen LogP contribution in [0.25, 0.3) is 0 Å². The van der Waals surface area contributed by atoms with Gasteiger partial charge in [-0.2, -0.15) is 0 Å². The van der Waals surface area contributed by atoms with Crippen LogP contribution in [0, 0.1) is 0 Å². The van der Waals surface area contributed by atoms with Gasteiger partial charge in [-0.1, -0.05) is 57.2 Å². The number of esters is 1. The van der Waals surface area contributed by atoms with Gasteiger partial charge in [0, 0.05) is 19.9 Å².